The van der Waals surface area contributed by atoms with Crippen LogP contribution in [0.5, 0.6) is 0 Å². The van der Waals surface area contributed by atoms with Crippen LogP contribution in [0.15, 0.2) is 0 Å². The third-order valence-corrected chi connectivity index (χ3v) is 5.46. The maximum absolute atomic E-state index is 12.5. The first-order valence-corrected chi connectivity index (χ1v) is 12.0. The Kier molecular flexibility index (Phi) is 13.8. The fraction of sp³-hybridized carbons (Fsp3) is 0.636. The van der Waals surface area contributed by atoms with Crippen molar-refractivity contribution in [2.24, 2.45) is 5.73 Å². The predicted molar refractivity (Wildman–Crippen MR) is 128 cm³/mol. The van der Waals surface area contributed by atoms with E-state index in [0.29, 0.717) is 5.06 Å². The summed E-state index contributed by atoms with van der Waals surface area (Å²) in [6.45, 7) is 0.481. The molecule has 0 bridgehead atoms. The topological polar surface area (TPSA) is 281 Å². The number of hydrogen-bond donors (Lipinski definition) is 7. The molecule has 0 aromatic heterocycles. The Morgan fingerprint density at radius 1 is 1.07 bits per heavy atom. The molecular formula is C22H33N5O13. The Bertz CT molecular complexity index is 974. The molecule has 1 rings (SSSR count). The molecule has 6 amide bonds. The van der Waals surface area contributed by atoms with Crippen LogP contribution in [0.2, 0.25) is 0 Å². The van der Waals surface area contributed by atoms with Gasteiger partial charge in [-0.1, -0.05) is 0 Å². The van der Waals surface area contributed by atoms with Gasteiger partial charge in [-0.3, -0.25) is 28.8 Å². The molecule has 0 aliphatic carbocycles. The van der Waals surface area contributed by atoms with Gasteiger partial charge in [0.25, 0.3) is 11.8 Å². The first kappa shape index (κ1) is 34.0. The number of hydrogen-bond acceptors (Lipinski definition) is 13. The molecule has 1 aliphatic heterocycles. The van der Waals surface area contributed by atoms with Crippen molar-refractivity contribution in [3.8, 4) is 0 Å². The van der Waals surface area contributed by atoms with E-state index in [9.17, 15) is 48.6 Å². The number of hydroxylamine groups is 2. The van der Waals surface area contributed by atoms with Gasteiger partial charge in [0.05, 0.1) is 13.0 Å². The van der Waals surface area contributed by atoms with Crippen molar-refractivity contribution >= 4 is 47.7 Å². The van der Waals surface area contributed by atoms with Crippen molar-refractivity contribution in [3.63, 3.8) is 0 Å². The number of nitrogens with two attached hydrogens (primary N) is 1. The smallest absolute Gasteiger partial charge is 0.333 e. The lowest BCUT2D eigenvalue weighted by atomic mass is 10.0. The van der Waals surface area contributed by atoms with Gasteiger partial charge < -0.3 is 51.4 Å². The Labute approximate surface area is 227 Å². The highest BCUT2D eigenvalue weighted by atomic mass is 16.7. The van der Waals surface area contributed by atoms with Crippen LogP contribution in [0.1, 0.15) is 39.5 Å². The van der Waals surface area contributed by atoms with Crippen molar-refractivity contribution in [3.05, 3.63) is 0 Å². The zero-order valence-electron chi connectivity index (χ0n) is 21.7. The van der Waals surface area contributed by atoms with Crippen LogP contribution in [-0.2, 0) is 47.9 Å². The molecule has 6 atom stereocenters. The molecule has 0 spiro atoms. The van der Waals surface area contributed by atoms with E-state index in [1.807, 2.05) is 0 Å². The quantitative estimate of drug-likeness (QED) is 0.0631. The van der Waals surface area contributed by atoms with E-state index >= 15 is 0 Å². The van der Waals surface area contributed by atoms with Crippen molar-refractivity contribution < 1.29 is 63.3 Å². The number of amides is 6. The Morgan fingerprint density at radius 2 is 1.68 bits per heavy atom. The number of primary amides is 1. The summed E-state index contributed by atoms with van der Waals surface area (Å²) < 4.78 is 5.19. The number of carbonyl (C=O) groups excluding carboxylic acids is 8. The minimum atomic E-state index is -1.90. The van der Waals surface area contributed by atoms with E-state index in [2.05, 4.69) is 20.8 Å². The maximum Gasteiger partial charge on any atom is 0.333 e. The molecule has 2 unspecified atom stereocenters. The molecule has 18 nitrogen and oxygen atoms in total. The number of nitrogens with zero attached hydrogens (tertiary/aromatic N) is 1. The molecule has 1 saturated heterocycles. The van der Waals surface area contributed by atoms with E-state index < -0.39 is 97.5 Å². The van der Waals surface area contributed by atoms with Gasteiger partial charge in [-0.25, -0.2) is 4.79 Å². The second-order valence-corrected chi connectivity index (χ2v) is 8.72. The standard InChI is InChI=1S/C22H33N5O13/c1-10(24-15(32)9-39-20(19(36)14(31)8-29)13(7-28)25-11(2)30)22(38)26-12(21(23)37)3-6-18(35)40-27-16(33)4-5-17(27)34/h7,10,12-14,19-20,29,31,36H,3-6,8-9H2,1-2H3,(H2,23,37)(H,24,32)(H,25,30)(H,26,38)/t10?,12?,13-,14+,19+,20+/m0/s1. The third-order valence-electron chi connectivity index (χ3n) is 5.46. The van der Waals surface area contributed by atoms with Gasteiger partial charge in [0.2, 0.25) is 23.6 Å². The number of aliphatic hydroxyl groups excluding tert-OH is 3. The van der Waals surface area contributed by atoms with Gasteiger partial charge in [-0.2, -0.15) is 0 Å². The molecule has 40 heavy (non-hydrogen) atoms. The van der Waals surface area contributed by atoms with Gasteiger partial charge in [-0.05, 0) is 13.3 Å². The van der Waals surface area contributed by atoms with Crippen LogP contribution in [-0.4, -0.2) is 118 Å². The normalized spacial score (nSPS) is 17.6. The van der Waals surface area contributed by atoms with Crippen LogP contribution in [0.4, 0.5) is 0 Å². The summed E-state index contributed by atoms with van der Waals surface area (Å²) in [6.07, 6.45) is -6.24. The minimum Gasteiger partial charge on any atom is -0.394 e. The summed E-state index contributed by atoms with van der Waals surface area (Å²) in [5, 5.41) is 35.8. The van der Waals surface area contributed by atoms with Crippen LogP contribution >= 0.6 is 0 Å². The summed E-state index contributed by atoms with van der Waals surface area (Å²) in [5.74, 6) is -6.02. The zero-order valence-corrected chi connectivity index (χ0v) is 21.7. The fourth-order valence-corrected chi connectivity index (χ4v) is 3.34. The monoisotopic (exact) mass is 575 g/mol. The summed E-state index contributed by atoms with van der Waals surface area (Å²) >= 11 is 0. The van der Waals surface area contributed by atoms with Gasteiger partial charge in [-0.15, -0.1) is 5.06 Å². The summed E-state index contributed by atoms with van der Waals surface area (Å²) in [4.78, 5) is 98.9. The molecular weight excluding hydrogens is 542 g/mol. The third kappa shape index (κ3) is 10.6. The molecule has 0 saturated carbocycles. The highest BCUT2D eigenvalue weighted by molar-refractivity contribution is 6.01. The number of rotatable bonds is 17. The predicted octanol–water partition coefficient (Wildman–Crippen LogP) is -5.35. The molecule has 1 heterocycles. The molecule has 8 N–H and O–H groups in total. The Balaban J connectivity index is 2.68. The Hall–Kier alpha value is -4.00. The SMILES string of the molecule is CC(=O)N[C@@H](C=O)[C@@H](OCC(=O)NC(C)C(=O)NC(CCC(=O)ON1C(=O)CCC1=O)C(N)=O)[C@H](O)[C@H](O)CO. The number of aldehydes is 1. The summed E-state index contributed by atoms with van der Waals surface area (Å²) in [5.41, 5.74) is 5.25. The number of aliphatic hydroxyl groups is 3. The molecule has 0 radical (unpaired) electrons. The minimum absolute atomic E-state index is 0.112. The second-order valence-electron chi connectivity index (χ2n) is 8.72. The molecule has 1 aliphatic rings. The molecule has 1 fully saturated rings. The van der Waals surface area contributed by atoms with Crippen molar-refractivity contribution in [1.29, 1.82) is 0 Å². The average molecular weight is 576 g/mol. The summed E-state index contributed by atoms with van der Waals surface area (Å²) in [7, 11) is 0. The summed E-state index contributed by atoms with van der Waals surface area (Å²) in [6, 6.07) is -4.20. The lowest BCUT2D eigenvalue weighted by Crippen LogP contribution is -2.56. The first-order chi connectivity index (χ1) is 18.7. The first-order valence-electron chi connectivity index (χ1n) is 12.0. The second kappa shape index (κ2) is 16.2. The van der Waals surface area contributed by atoms with E-state index in [4.69, 9.17) is 15.6 Å². The van der Waals surface area contributed by atoms with E-state index in [0.717, 1.165) is 6.92 Å². The number of ether oxygens (including phenoxy) is 1. The maximum atomic E-state index is 12.5. The highest BCUT2D eigenvalue weighted by Crippen LogP contribution is 2.13. The molecule has 0 aromatic rings. The molecule has 18 heteroatoms. The van der Waals surface area contributed by atoms with Crippen LogP contribution < -0.4 is 21.7 Å². The lowest BCUT2D eigenvalue weighted by Gasteiger charge is -2.30. The van der Waals surface area contributed by atoms with Gasteiger partial charge in [0.1, 0.15) is 49.3 Å². The average Bonchev–Trinajstić information content (AvgIpc) is 3.20. The van der Waals surface area contributed by atoms with Crippen LogP contribution in [0.3, 0.4) is 0 Å². The van der Waals surface area contributed by atoms with E-state index in [-0.39, 0.29) is 25.5 Å². The Morgan fingerprint density at radius 3 is 2.17 bits per heavy atom. The fourth-order valence-electron chi connectivity index (χ4n) is 3.34. The molecule has 0 aromatic carbocycles. The molecule has 224 valence electrons. The largest absolute Gasteiger partial charge is 0.394 e. The lowest BCUT2D eigenvalue weighted by molar-refractivity contribution is -0.197. The van der Waals surface area contributed by atoms with Crippen molar-refractivity contribution in [1.82, 2.24) is 21.0 Å². The van der Waals surface area contributed by atoms with E-state index in [1.165, 1.54) is 6.92 Å². The number of carbonyl (C=O) groups is 8. The van der Waals surface area contributed by atoms with Crippen LogP contribution in [0.25, 0.3) is 0 Å². The van der Waals surface area contributed by atoms with Gasteiger partial charge in [0, 0.05) is 19.8 Å². The van der Waals surface area contributed by atoms with Gasteiger partial charge in [0.15, 0.2) is 0 Å². The van der Waals surface area contributed by atoms with Crippen molar-refractivity contribution in [2.75, 3.05) is 13.2 Å². The number of imide groups is 1. The van der Waals surface area contributed by atoms with E-state index in [1.54, 1.807) is 0 Å². The van der Waals surface area contributed by atoms with Gasteiger partial charge >= 0.3 is 5.97 Å². The number of nitrogens with one attached hydrogen (secondary N) is 3. The highest BCUT2D eigenvalue weighted by Gasteiger charge is 2.35. The van der Waals surface area contributed by atoms with Crippen molar-refractivity contribution in [2.45, 2.75) is 76.0 Å². The zero-order chi connectivity index (χ0) is 30.6. The van der Waals surface area contributed by atoms with Crippen LogP contribution in [0, 0.1) is 0 Å².